The standard InChI is InChI=1S/C24H27N5O3/c1-15(2)27-23(30)18-13-20(28-19-7-5-4-6-17(18)19)21-14-29(10-11-32-21)24(31)16-8-9-26-22(12-16)25-3/h4-9,12-13,15,21H,10-11,14H2,1-3H3,(H,25,26)(H,27,30)/t21-/m0/s1. The molecular formula is C24H27N5O3. The van der Waals surface area contributed by atoms with Gasteiger partial charge in [-0.25, -0.2) is 9.97 Å². The van der Waals surface area contributed by atoms with Crippen LogP contribution in [0.4, 0.5) is 5.82 Å². The molecule has 0 aliphatic carbocycles. The molecule has 1 saturated heterocycles. The molecule has 0 unspecified atom stereocenters. The van der Waals surface area contributed by atoms with Crippen molar-refractivity contribution in [2.75, 3.05) is 32.1 Å². The molecule has 166 valence electrons. The number of rotatable bonds is 5. The van der Waals surface area contributed by atoms with Gasteiger partial charge in [0.1, 0.15) is 11.9 Å². The van der Waals surface area contributed by atoms with Crippen LogP contribution in [0.5, 0.6) is 0 Å². The van der Waals surface area contributed by atoms with Gasteiger partial charge in [0.05, 0.1) is 29.9 Å². The molecule has 1 aliphatic rings. The number of aromatic nitrogens is 2. The summed E-state index contributed by atoms with van der Waals surface area (Å²) >= 11 is 0. The van der Waals surface area contributed by atoms with Gasteiger partial charge in [0.25, 0.3) is 11.8 Å². The van der Waals surface area contributed by atoms with Crippen LogP contribution in [0.1, 0.15) is 46.4 Å². The molecule has 3 aromatic rings. The zero-order valence-corrected chi connectivity index (χ0v) is 18.5. The molecule has 2 amide bonds. The van der Waals surface area contributed by atoms with E-state index in [2.05, 4.69) is 15.6 Å². The lowest BCUT2D eigenvalue weighted by Gasteiger charge is -2.33. The lowest BCUT2D eigenvalue weighted by molar-refractivity contribution is -0.0246. The summed E-state index contributed by atoms with van der Waals surface area (Å²) in [6.45, 7) is 5.08. The highest BCUT2D eigenvalue weighted by Gasteiger charge is 2.28. The molecule has 1 aromatic carbocycles. The Morgan fingerprint density at radius 1 is 1.19 bits per heavy atom. The van der Waals surface area contributed by atoms with Crippen molar-refractivity contribution in [3.05, 3.63) is 65.5 Å². The molecule has 4 rings (SSSR count). The molecule has 0 bridgehead atoms. The van der Waals surface area contributed by atoms with Crippen molar-refractivity contribution in [1.82, 2.24) is 20.2 Å². The summed E-state index contributed by atoms with van der Waals surface area (Å²) < 4.78 is 5.98. The fraction of sp³-hybridized carbons (Fsp3) is 0.333. The number of hydrogen-bond donors (Lipinski definition) is 2. The molecule has 3 heterocycles. The van der Waals surface area contributed by atoms with Gasteiger partial charge in [0.15, 0.2) is 0 Å². The fourth-order valence-corrected chi connectivity index (χ4v) is 3.78. The molecule has 8 heteroatoms. The summed E-state index contributed by atoms with van der Waals surface area (Å²) in [7, 11) is 1.76. The number of nitrogens with one attached hydrogen (secondary N) is 2. The maximum absolute atomic E-state index is 13.1. The average Bonchev–Trinajstić information content (AvgIpc) is 2.82. The molecular weight excluding hydrogens is 406 g/mol. The SMILES string of the molecule is CNc1cc(C(=O)N2CCO[C@H](c3cc(C(=O)NC(C)C)c4ccccc4n3)C2)ccn1. The number of para-hydroxylation sites is 1. The Kier molecular flexibility index (Phi) is 6.32. The zero-order chi connectivity index (χ0) is 22.7. The normalized spacial score (nSPS) is 16.2. The van der Waals surface area contributed by atoms with Gasteiger partial charge in [-0.15, -0.1) is 0 Å². The third-order valence-corrected chi connectivity index (χ3v) is 5.35. The Morgan fingerprint density at radius 3 is 2.78 bits per heavy atom. The average molecular weight is 434 g/mol. The van der Waals surface area contributed by atoms with E-state index in [9.17, 15) is 9.59 Å². The van der Waals surface area contributed by atoms with Crippen LogP contribution in [0.2, 0.25) is 0 Å². The highest BCUT2D eigenvalue weighted by atomic mass is 16.5. The van der Waals surface area contributed by atoms with Gasteiger partial charge in [-0.05, 0) is 38.1 Å². The quantitative estimate of drug-likeness (QED) is 0.642. The number of pyridine rings is 2. The smallest absolute Gasteiger partial charge is 0.254 e. The molecule has 8 nitrogen and oxygen atoms in total. The minimum Gasteiger partial charge on any atom is -0.373 e. The minimum absolute atomic E-state index is 0.0137. The second kappa shape index (κ2) is 9.32. The zero-order valence-electron chi connectivity index (χ0n) is 18.5. The van der Waals surface area contributed by atoms with Gasteiger partial charge >= 0.3 is 0 Å². The van der Waals surface area contributed by atoms with Crippen LogP contribution >= 0.6 is 0 Å². The molecule has 1 aliphatic heterocycles. The predicted molar refractivity (Wildman–Crippen MR) is 123 cm³/mol. The minimum atomic E-state index is -0.423. The molecule has 0 saturated carbocycles. The predicted octanol–water partition coefficient (Wildman–Crippen LogP) is 3.02. The molecule has 32 heavy (non-hydrogen) atoms. The lowest BCUT2D eigenvalue weighted by atomic mass is 10.0. The Morgan fingerprint density at radius 2 is 2.00 bits per heavy atom. The summed E-state index contributed by atoms with van der Waals surface area (Å²) in [6, 6.07) is 12.8. The number of anilines is 1. The summed E-state index contributed by atoms with van der Waals surface area (Å²) in [5.41, 5.74) is 2.48. The Bertz CT molecular complexity index is 1150. The van der Waals surface area contributed by atoms with Crippen molar-refractivity contribution in [3.63, 3.8) is 0 Å². The first-order chi connectivity index (χ1) is 15.5. The highest BCUT2D eigenvalue weighted by molar-refractivity contribution is 6.06. The van der Waals surface area contributed by atoms with Crippen molar-refractivity contribution in [2.24, 2.45) is 0 Å². The van der Waals surface area contributed by atoms with Gasteiger partial charge in [0, 0.05) is 36.8 Å². The van der Waals surface area contributed by atoms with Crippen molar-refractivity contribution in [3.8, 4) is 0 Å². The highest BCUT2D eigenvalue weighted by Crippen LogP contribution is 2.27. The van der Waals surface area contributed by atoms with E-state index in [1.807, 2.05) is 38.1 Å². The summed E-state index contributed by atoms with van der Waals surface area (Å²) in [6.07, 6.45) is 1.19. The van der Waals surface area contributed by atoms with Crippen molar-refractivity contribution < 1.29 is 14.3 Å². The van der Waals surface area contributed by atoms with Crippen LogP contribution in [0, 0.1) is 0 Å². The van der Waals surface area contributed by atoms with Crippen molar-refractivity contribution >= 4 is 28.5 Å². The molecule has 1 fully saturated rings. The number of hydrogen-bond acceptors (Lipinski definition) is 6. The third-order valence-electron chi connectivity index (χ3n) is 5.35. The number of nitrogens with zero attached hydrogens (tertiary/aromatic N) is 3. The van der Waals surface area contributed by atoms with Crippen molar-refractivity contribution in [1.29, 1.82) is 0 Å². The van der Waals surface area contributed by atoms with Crippen molar-refractivity contribution in [2.45, 2.75) is 26.0 Å². The van der Waals surface area contributed by atoms with Gasteiger partial charge in [-0.2, -0.15) is 0 Å². The number of amides is 2. The molecule has 2 N–H and O–H groups in total. The number of carbonyl (C=O) groups excluding carboxylic acids is 2. The first kappa shape index (κ1) is 21.7. The van der Waals surface area contributed by atoms with Gasteiger partial charge in [-0.3, -0.25) is 9.59 Å². The Labute approximate surface area is 187 Å². The number of carbonyl (C=O) groups is 2. The number of morpholine rings is 1. The van der Waals surface area contributed by atoms with Crippen LogP contribution in [-0.4, -0.2) is 59.5 Å². The first-order valence-electron chi connectivity index (χ1n) is 10.7. The maximum Gasteiger partial charge on any atom is 0.254 e. The van der Waals surface area contributed by atoms with E-state index >= 15 is 0 Å². The number of benzene rings is 1. The lowest BCUT2D eigenvalue weighted by Crippen LogP contribution is -2.42. The fourth-order valence-electron chi connectivity index (χ4n) is 3.78. The van der Waals surface area contributed by atoms with Crippen LogP contribution < -0.4 is 10.6 Å². The van der Waals surface area contributed by atoms with E-state index in [4.69, 9.17) is 9.72 Å². The molecule has 0 spiro atoms. The largest absolute Gasteiger partial charge is 0.373 e. The summed E-state index contributed by atoms with van der Waals surface area (Å²) in [5.74, 6) is 0.397. The molecule has 2 aromatic heterocycles. The third kappa shape index (κ3) is 4.55. The van der Waals surface area contributed by atoms with E-state index in [0.29, 0.717) is 42.3 Å². The second-order valence-electron chi connectivity index (χ2n) is 8.03. The van der Waals surface area contributed by atoms with E-state index in [-0.39, 0.29) is 17.9 Å². The van der Waals surface area contributed by atoms with Crippen LogP contribution in [0.15, 0.2) is 48.7 Å². The van der Waals surface area contributed by atoms with Crippen LogP contribution in [0.25, 0.3) is 10.9 Å². The molecule has 1 atom stereocenters. The Balaban J connectivity index is 1.63. The maximum atomic E-state index is 13.1. The molecule has 0 radical (unpaired) electrons. The Hall–Kier alpha value is -3.52. The summed E-state index contributed by atoms with van der Waals surface area (Å²) in [4.78, 5) is 36.6. The van der Waals surface area contributed by atoms with E-state index in [0.717, 1.165) is 10.9 Å². The van der Waals surface area contributed by atoms with E-state index < -0.39 is 6.10 Å². The number of ether oxygens (including phenoxy) is 1. The summed E-state index contributed by atoms with van der Waals surface area (Å²) in [5, 5.41) is 6.70. The van der Waals surface area contributed by atoms with Gasteiger partial charge < -0.3 is 20.3 Å². The second-order valence-corrected chi connectivity index (χ2v) is 8.03. The van der Waals surface area contributed by atoms with Crippen LogP contribution in [-0.2, 0) is 4.74 Å². The topological polar surface area (TPSA) is 96.5 Å². The van der Waals surface area contributed by atoms with E-state index in [1.165, 1.54) is 0 Å². The van der Waals surface area contributed by atoms with Gasteiger partial charge in [0.2, 0.25) is 0 Å². The first-order valence-corrected chi connectivity index (χ1v) is 10.7. The number of fused-ring (bicyclic) bond motifs is 1. The van der Waals surface area contributed by atoms with Gasteiger partial charge in [-0.1, -0.05) is 18.2 Å². The van der Waals surface area contributed by atoms with E-state index in [1.54, 1.807) is 36.3 Å². The monoisotopic (exact) mass is 433 g/mol. The van der Waals surface area contributed by atoms with Crippen LogP contribution in [0.3, 0.4) is 0 Å².